The third-order valence-electron chi connectivity index (χ3n) is 2.77. The summed E-state index contributed by atoms with van der Waals surface area (Å²) in [6, 6.07) is 6.40. The Bertz CT molecular complexity index is 696. The van der Waals surface area contributed by atoms with Crippen LogP contribution in [0.25, 0.3) is 15.5 Å². The van der Waals surface area contributed by atoms with E-state index < -0.39 is 0 Å². The van der Waals surface area contributed by atoms with Crippen molar-refractivity contribution in [3.05, 3.63) is 35.2 Å². The molecule has 0 spiro atoms. The van der Waals surface area contributed by atoms with E-state index in [9.17, 15) is 0 Å². The Hall–Kier alpha value is -1.75. The van der Waals surface area contributed by atoms with Gasteiger partial charge < -0.3 is 0 Å². The number of aryl methyl sites for hydroxylation is 3. The predicted molar refractivity (Wildman–Crippen MR) is 68.3 cm³/mol. The zero-order valence-electron chi connectivity index (χ0n) is 9.93. The topological polar surface area (TPSA) is 43.1 Å². The molecule has 0 unspecified atom stereocenters. The first-order valence-electron chi connectivity index (χ1n) is 5.41. The molecule has 17 heavy (non-hydrogen) atoms. The lowest BCUT2D eigenvalue weighted by Gasteiger charge is -2.02. The van der Waals surface area contributed by atoms with Crippen molar-refractivity contribution >= 4 is 16.3 Å². The molecule has 1 aromatic carbocycles. The van der Waals surface area contributed by atoms with Gasteiger partial charge in [-0.25, -0.2) is 0 Å². The number of aromatic nitrogens is 4. The monoisotopic (exact) mass is 244 g/mol. The van der Waals surface area contributed by atoms with Crippen LogP contribution in [0.1, 0.15) is 17.0 Å². The fourth-order valence-corrected chi connectivity index (χ4v) is 2.76. The average molecular weight is 244 g/mol. The quantitative estimate of drug-likeness (QED) is 0.661. The van der Waals surface area contributed by atoms with Crippen LogP contribution in [-0.2, 0) is 0 Å². The number of rotatable bonds is 1. The van der Waals surface area contributed by atoms with Crippen LogP contribution >= 0.6 is 11.3 Å². The van der Waals surface area contributed by atoms with Crippen molar-refractivity contribution in [1.29, 1.82) is 0 Å². The summed E-state index contributed by atoms with van der Waals surface area (Å²) < 4.78 is 1.79. The maximum absolute atomic E-state index is 4.55. The highest BCUT2D eigenvalue weighted by Crippen LogP contribution is 2.28. The summed E-state index contributed by atoms with van der Waals surface area (Å²) in [6.45, 7) is 6.10. The SMILES string of the molecule is Cc1ccc(C)c(-c2nn3c(C)nnc3s2)c1. The molecule has 86 valence electrons. The molecule has 2 aromatic heterocycles. The van der Waals surface area contributed by atoms with E-state index >= 15 is 0 Å². The van der Waals surface area contributed by atoms with Crippen molar-refractivity contribution in [2.45, 2.75) is 20.8 Å². The van der Waals surface area contributed by atoms with Gasteiger partial charge in [-0.2, -0.15) is 9.61 Å². The summed E-state index contributed by atoms with van der Waals surface area (Å²) in [5, 5.41) is 13.6. The van der Waals surface area contributed by atoms with Crippen LogP contribution in [0.5, 0.6) is 0 Å². The first kappa shape index (κ1) is 10.4. The Morgan fingerprint density at radius 1 is 1.12 bits per heavy atom. The van der Waals surface area contributed by atoms with Crippen molar-refractivity contribution in [3.8, 4) is 10.6 Å². The third kappa shape index (κ3) is 1.63. The molecule has 0 aliphatic heterocycles. The number of nitrogens with zero attached hydrogens (tertiary/aromatic N) is 4. The van der Waals surface area contributed by atoms with E-state index in [-0.39, 0.29) is 0 Å². The minimum atomic E-state index is 0.827. The fourth-order valence-electron chi connectivity index (χ4n) is 1.79. The molecule has 0 saturated carbocycles. The molecule has 0 aliphatic rings. The molecular weight excluding hydrogens is 232 g/mol. The van der Waals surface area contributed by atoms with E-state index in [4.69, 9.17) is 0 Å². The van der Waals surface area contributed by atoms with Gasteiger partial charge in [-0.1, -0.05) is 29.0 Å². The summed E-state index contributed by atoms with van der Waals surface area (Å²) in [5.41, 5.74) is 3.66. The highest BCUT2D eigenvalue weighted by atomic mass is 32.1. The lowest BCUT2D eigenvalue weighted by atomic mass is 10.1. The summed E-state index contributed by atoms with van der Waals surface area (Å²) in [6.07, 6.45) is 0. The third-order valence-corrected chi connectivity index (χ3v) is 3.70. The van der Waals surface area contributed by atoms with E-state index in [0.29, 0.717) is 0 Å². The fraction of sp³-hybridized carbons (Fsp3) is 0.250. The second-order valence-electron chi connectivity index (χ2n) is 4.17. The van der Waals surface area contributed by atoms with Crippen LogP contribution in [0.4, 0.5) is 0 Å². The Morgan fingerprint density at radius 3 is 2.71 bits per heavy atom. The Labute approximate surface area is 103 Å². The smallest absolute Gasteiger partial charge is 0.187 e. The lowest BCUT2D eigenvalue weighted by Crippen LogP contribution is -1.90. The first-order chi connectivity index (χ1) is 8.15. The summed E-state index contributed by atoms with van der Waals surface area (Å²) in [5.74, 6) is 0.827. The zero-order valence-corrected chi connectivity index (χ0v) is 10.7. The van der Waals surface area contributed by atoms with Gasteiger partial charge in [-0.3, -0.25) is 0 Å². The van der Waals surface area contributed by atoms with Crippen molar-refractivity contribution in [3.63, 3.8) is 0 Å². The molecule has 5 heteroatoms. The first-order valence-corrected chi connectivity index (χ1v) is 6.23. The lowest BCUT2D eigenvalue weighted by molar-refractivity contribution is 0.897. The minimum Gasteiger partial charge on any atom is -0.187 e. The van der Waals surface area contributed by atoms with Crippen LogP contribution in [0.2, 0.25) is 0 Å². The van der Waals surface area contributed by atoms with Crippen LogP contribution in [-0.4, -0.2) is 19.8 Å². The van der Waals surface area contributed by atoms with Crippen LogP contribution < -0.4 is 0 Å². The van der Waals surface area contributed by atoms with Crippen molar-refractivity contribution < 1.29 is 0 Å². The maximum atomic E-state index is 4.55. The Morgan fingerprint density at radius 2 is 1.94 bits per heavy atom. The molecule has 3 aromatic rings. The number of benzene rings is 1. The molecule has 0 radical (unpaired) electrons. The Kier molecular flexibility index (Phi) is 2.22. The van der Waals surface area contributed by atoms with Gasteiger partial charge in [-0.15, -0.1) is 10.2 Å². The highest BCUT2D eigenvalue weighted by molar-refractivity contribution is 7.19. The molecule has 2 heterocycles. The van der Waals surface area contributed by atoms with Crippen LogP contribution in [0.3, 0.4) is 0 Å². The minimum absolute atomic E-state index is 0.827. The van der Waals surface area contributed by atoms with Crippen molar-refractivity contribution in [1.82, 2.24) is 19.8 Å². The van der Waals surface area contributed by atoms with E-state index in [1.54, 1.807) is 15.9 Å². The van der Waals surface area contributed by atoms with Gasteiger partial charge in [-0.05, 0) is 32.4 Å². The number of fused-ring (bicyclic) bond motifs is 1. The molecule has 0 saturated heterocycles. The van der Waals surface area contributed by atoms with E-state index in [1.165, 1.54) is 16.7 Å². The van der Waals surface area contributed by atoms with Gasteiger partial charge in [0.1, 0.15) is 5.01 Å². The molecule has 3 rings (SSSR count). The van der Waals surface area contributed by atoms with Crippen molar-refractivity contribution in [2.75, 3.05) is 0 Å². The second kappa shape index (κ2) is 3.63. The standard InChI is InChI=1S/C12H12N4S/c1-7-4-5-8(2)10(6-7)11-15-16-9(3)13-14-12(16)17-11/h4-6H,1-3H3. The molecule has 0 atom stereocenters. The largest absolute Gasteiger partial charge is 0.234 e. The summed E-state index contributed by atoms with van der Waals surface area (Å²) in [4.78, 5) is 0.846. The van der Waals surface area contributed by atoms with E-state index in [0.717, 1.165) is 15.8 Å². The van der Waals surface area contributed by atoms with E-state index in [1.807, 2.05) is 6.92 Å². The normalized spacial score (nSPS) is 11.2. The van der Waals surface area contributed by atoms with Gasteiger partial charge in [0, 0.05) is 5.56 Å². The molecule has 0 N–H and O–H groups in total. The highest BCUT2D eigenvalue weighted by Gasteiger charge is 2.11. The molecule has 4 nitrogen and oxygen atoms in total. The van der Waals surface area contributed by atoms with E-state index in [2.05, 4.69) is 47.3 Å². The summed E-state index contributed by atoms with van der Waals surface area (Å²) >= 11 is 1.57. The molecule has 0 amide bonds. The van der Waals surface area contributed by atoms with Gasteiger partial charge in [0.15, 0.2) is 5.82 Å². The number of hydrogen-bond acceptors (Lipinski definition) is 4. The number of hydrogen-bond donors (Lipinski definition) is 0. The van der Waals surface area contributed by atoms with Gasteiger partial charge in [0.05, 0.1) is 0 Å². The van der Waals surface area contributed by atoms with Gasteiger partial charge in [0.25, 0.3) is 0 Å². The molecule has 0 aliphatic carbocycles. The second-order valence-corrected chi connectivity index (χ2v) is 5.12. The molecule has 0 fully saturated rings. The average Bonchev–Trinajstić information content (AvgIpc) is 2.85. The molecule has 0 bridgehead atoms. The predicted octanol–water partition coefficient (Wildman–Crippen LogP) is 2.78. The maximum Gasteiger partial charge on any atom is 0.234 e. The van der Waals surface area contributed by atoms with Gasteiger partial charge in [0.2, 0.25) is 4.96 Å². The van der Waals surface area contributed by atoms with Crippen LogP contribution in [0, 0.1) is 20.8 Å². The molecular formula is C12H12N4S. The van der Waals surface area contributed by atoms with Crippen LogP contribution in [0.15, 0.2) is 18.2 Å². The summed E-state index contributed by atoms with van der Waals surface area (Å²) in [7, 11) is 0. The van der Waals surface area contributed by atoms with Gasteiger partial charge >= 0.3 is 0 Å². The van der Waals surface area contributed by atoms with Crippen molar-refractivity contribution in [2.24, 2.45) is 0 Å². The Balaban J connectivity index is 2.23. The zero-order chi connectivity index (χ0) is 12.0.